The first kappa shape index (κ1) is 9.96. The molecule has 0 radical (unpaired) electrons. The average molecular weight is 224 g/mol. The van der Waals surface area contributed by atoms with Crippen LogP contribution >= 0.6 is 0 Å². The van der Waals surface area contributed by atoms with Gasteiger partial charge in [-0.05, 0) is 19.4 Å². The van der Waals surface area contributed by atoms with Crippen molar-refractivity contribution in [2.45, 2.75) is 13.8 Å². The van der Waals surface area contributed by atoms with Gasteiger partial charge in [-0.15, -0.1) is 0 Å². The molecule has 3 rings (SSSR count). The maximum absolute atomic E-state index is 4.29. The van der Waals surface area contributed by atoms with E-state index >= 15 is 0 Å². The molecule has 0 aliphatic rings. The molecule has 0 atom stereocenters. The summed E-state index contributed by atoms with van der Waals surface area (Å²) in [5.41, 5.74) is 3.43. The minimum Gasteiger partial charge on any atom is -0.219 e. The molecule has 3 aromatic rings. The summed E-state index contributed by atoms with van der Waals surface area (Å²) in [7, 11) is 0. The van der Waals surface area contributed by atoms with Crippen LogP contribution in [0.25, 0.3) is 16.9 Å². The Balaban J connectivity index is 2.13. The molecule has 0 saturated carbocycles. The largest absolute Gasteiger partial charge is 0.252 e. The molecule has 17 heavy (non-hydrogen) atoms. The molecule has 1 aromatic carbocycles. The maximum Gasteiger partial charge on any atom is 0.252 e. The van der Waals surface area contributed by atoms with Crippen molar-refractivity contribution < 1.29 is 0 Å². The Hall–Kier alpha value is -2.23. The molecule has 0 N–H and O–H groups in total. The first-order valence-corrected chi connectivity index (χ1v) is 5.48. The van der Waals surface area contributed by atoms with Crippen LogP contribution in [0.1, 0.15) is 11.4 Å². The molecular formula is C13H12N4. The Kier molecular flexibility index (Phi) is 2.14. The number of rotatable bonds is 1. The molecule has 0 bridgehead atoms. The third-order valence-electron chi connectivity index (χ3n) is 2.68. The van der Waals surface area contributed by atoms with Gasteiger partial charge in [-0.3, -0.25) is 0 Å². The fourth-order valence-electron chi connectivity index (χ4n) is 1.78. The van der Waals surface area contributed by atoms with E-state index in [-0.39, 0.29) is 0 Å². The van der Waals surface area contributed by atoms with E-state index in [1.165, 1.54) is 5.56 Å². The normalized spacial score (nSPS) is 10.9. The van der Waals surface area contributed by atoms with Gasteiger partial charge in [0.15, 0.2) is 0 Å². The second kappa shape index (κ2) is 3.66. The van der Waals surface area contributed by atoms with Crippen molar-refractivity contribution in [3.05, 3.63) is 48.0 Å². The van der Waals surface area contributed by atoms with Gasteiger partial charge in [-0.25, -0.2) is 9.50 Å². The van der Waals surface area contributed by atoms with Crippen molar-refractivity contribution in [3.63, 3.8) is 0 Å². The Bertz CT molecular complexity index is 667. The zero-order valence-corrected chi connectivity index (χ0v) is 9.75. The molecule has 4 nitrogen and oxygen atoms in total. The van der Waals surface area contributed by atoms with E-state index in [1.54, 1.807) is 4.52 Å². The summed E-state index contributed by atoms with van der Waals surface area (Å²) in [6.45, 7) is 3.94. The standard InChI is InChI=1S/C13H12N4/c1-9-3-5-11(6-4-9)12-7-14-13-15-10(2)16-17(13)8-12/h3-8H,1-2H3. The number of hydrogen-bond donors (Lipinski definition) is 0. The lowest BCUT2D eigenvalue weighted by atomic mass is 10.1. The third-order valence-corrected chi connectivity index (χ3v) is 2.68. The number of benzene rings is 1. The highest BCUT2D eigenvalue weighted by Crippen LogP contribution is 2.18. The van der Waals surface area contributed by atoms with Crippen LogP contribution in [0.4, 0.5) is 0 Å². The molecule has 4 heteroatoms. The highest BCUT2D eigenvalue weighted by atomic mass is 15.3. The van der Waals surface area contributed by atoms with Crippen LogP contribution in [0.5, 0.6) is 0 Å². The van der Waals surface area contributed by atoms with E-state index in [0.717, 1.165) is 17.0 Å². The monoisotopic (exact) mass is 224 g/mol. The Labute approximate surface area is 99.0 Å². The number of fused-ring (bicyclic) bond motifs is 1. The van der Waals surface area contributed by atoms with Crippen LogP contribution in [-0.2, 0) is 0 Å². The number of hydrogen-bond acceptors (Lipinski definition) is 3. The smallest absolute Gasteiger partial charge is 0.219 e. The zero-order chi connectivity index (χ0) is 11.8. The summed E-state index contributed by atoms with van der Waals surface area (Å²) in [6, 6.07) is 8.35. The summed E-state index contributed by atoms with van der Waals surface area (Å²) in [4.78, 5) is 8.49. The SMILES string of the molecule is Cc1ccc(-c2cnc3nc(C)nn3c2)cc1. The first-order valence-electron chi connectivity index (χ1n) is 5.48. The molecule has 0 fully saturated rings. The summed E-state index contributed by atoms with van der Waals surface area (Å²) in [6.07, 6.45) is 3.78. The van der Waals surface area contributed by atoms with E-state index in [9.17, 15) is 0 Å². The van der Waals surface area contributed by atoms with Crippen molar-refractivity contribution in [3.8, 4) is 11.1 Å². The van der Waals surface area contributed by atoms with Gasteiger partial charge in [0.1, 0.15) is 5.82 Å². The summed E-state index contributed by atoms with van der Waals surface area (Å²) >= 11 is 0. The first-order chi connectivity index (χ1) is 8.22. The Morgan fingerprint density at radius 1 is 1.00 bits per heavy atom. The Morgan fingerprint density at radius 3 is 2.53 bits per heavy atom. The lowest BCUT2D eigenvalue weighted by Crippen LogP contribution is -1.92. The topological polar surface area (TPSA) is 43.1 Å². The van der Waals surface area contributed by atoms with Crippen molar-refractivity contribution >= 4 is 5.78 Å². The molecule has 0 spiro atoms. The molecule has 84 valence electrons. The van der Waals surface area contributed by atoms with Gasteiger partial charge < -0.3 is 0 Å². The minimum atomic E-state index is 0.637. The quantitative estimate of drug-likeness (QED) is 0.637. The van der Waals surface area contributed by atoms with Gasteiger partial charge >= 0.3 is 0 Å². The van der Waals surface area contributed by atoms with Crippen LogP contribution in [0, 0.1) is 13.8 Å². The van der Waals surface area contributed by atoms with Gasteiger partial charge in [0.05, 0.1) is 0 Å². The van der Waals surface area contributed by atoms with Gasteiger partial charge in [0, 0.05) is 18.0 Å². The van der Waals surface area contributed by atoms with E-state index < -0.39 is 0 Å². The van der Waals surface area contributed by atoms with Crippen molar-refractivity contribution in [1.82, 2.24) is 19.6 Å². The van der Waals surface area contributed by atoms with Crippen LogP contribution < -0.4 is 0 Å². The van der Waals surface area contributed by atoms with Gasteiger partial charge in [-0.2, -0.15) is 10.1 Å². The number of nitrogens with zero attached hydrogens (tertiary/aromatic N) is 4. The molecule has 0 aliphatic carbocycles. The molecule has 2 heterocycles. The van der Waals surface area contributed by atoms with Gasteiger partial charge in [0.2, 0.25) is 0 Å². The molecule has 0 unspecified atom stereocenters. The summed E-state index contributed by atoms with van der Waals surface area (Å²) in [5.74, 6) is 1.37. The van der Waals surface area contributed by atoms with E-state index in [1.807, 2.05) is 19.3 Å². The Morgan fingerprint density at radius 2 is 1.76 bits per heavy atom. The van der Waals surface area contributed by atoms with Crippen LogP contribution in [0.2, 0.25) is 0 Å². The predicted molar refractivity (Wildman–Crippen MR) is 65.7 cm³/mol. The highest BCUT2D eigenvalue weighted by molar-refractivity contribution is 5.62. The molecule has 2 aromatic heterocycles. The molecule has 0 aliphatic heterocycles. The van der Waals surface area contributed by atoms with E-state index in [2.05, 4.69) is 46.3 Å². The van der Waals surface area contributed by atoms with Crippen molar-refractivity contribution in [2.24, 2.45) is 0 Å². The second-order valence-electron chi connectivity index (χ2n) is 4.11. The number of aromatic nitrogens is 4. The lowest BCUT2D eigenvalue weighted by molar-refractivity contribution is 0.918. The minimum absolute atomic E-state index is 0.637. The second-order valence-corrected chi connectivity index (χ2v) is 4.11. The zero-order valence-electron chi connectivity index (χ0n) is 9.75. The van der Waals surface area contributed by atoms with Crippen LogP contribution in [-0.4, -0.2) is 19.6 Å². The van der Waals surface area contributed by atoms with Gasteiger partial charge in [-0.1, -0.05) is 29.8 Å². The molecule has 0 amide bonds. The average Bonchev–Trinajstić information content (AvgIpc) is 2.69. The fourth-order valence-corrected chi connectivity index (χ4v) is 1.78. The molecular weight excluding hydrogens is 212 g/mol. The maximum atomic E-state index is 4.29. The van der Waals surface area contributed by atoms with Crippen molar-refractivity contribution in [2.75, 3.05) is 0 Å². The van der Waals surface area contributed by atoms with Crippen LogP contribution in [0.3, 0.4) is 0 Å². The van der Waals surface area contributed by atoms with E-state index in [0.29, 0.717) is 5.78 Å². The molecule has 0 saturated heterocycles. The van der Waals surface area contributed by atoms with Crippen molar-refractivity contribution in [1.29, 1.82) is 0 Å². The van der Waals surface area contributed by atoms with Gasteiger partial charge in [0.25, 0.3) is 5.78 Å². The predicted octanol–water partition coefficient (Wildman–Crippen LogP) is 2.41. The number of aryl methyl sites for hydroxylation is 2. The van der Waals surface area contributed by atoms with E-state index in [4.69, 9.17) is 0 Å². The third kappa shape index (κ3) is 1.78. The van der Waals surface area contributed by atoms with Crippen LogP contribution in [0.15, 0.2) is 36.7 Å². The highest BCUT2D eigenvalue weighted by Gasteiger charge is 2.03. The fraction of sp³-hybridized carbons (Fsp3) is 0.154. The summed E-state index contributed by atoms with van der Waals surface area (Å²) < 4.78 is 1.71. The lowest BCUT2D eigenvalue weighted by Gasteiger charge is -2.01. The summed E-state index contributed by atoms with van der Waals surface area (Å²) in [5, 5.41) is 4.26.